The van der Waals surface area contributed by atoms with Gasteiger partial charge in [-0.15, -0.1) is 0 Å². The molecule has 0 bridgehead atoms. The van der Waals surface area contributed by atoms with Crippen molar-refractivity contribution in [2.75, 3.05) is 20.6 Å². The van der Waals surface area contributed by atoms with Crippen LogP contribution < -0.4 is 0 Å². The zero-order chi connectivity index (χ0) is 12.4. The zero-order valence-corrected chi connectivity index (χ0v) is 11.8. The number of hydrogen-bond donors (Lipinski definition) is 0. The van der Waals surface area contributed by atoms with Gasteiger partial charge in [-0.1, -0.05) is 44.1 Å². The number of allylic oxidation sites excluding steroid dienone is 4. The summed E-state index contributed by atoms with van der Waals surface area (Å²) in [7, 11) is 4.25. The third-order valence-electron chi connectivity index (χ3n) is 2.95. The molecule has 0 aliphatic heterocycles. The Hall–Kier alpha value is -0.560. The maximum Gasteiger partial charge on any atom is -0.00223 e. The molecule has 0 unspecified atom stereocenters. The molecule has 1 aliphatic carbocycles. The van der Waals surface area contributed by atoms with Gasteiger partial charge in [0.1, 0.15) is 0 Å². The second-order valence-electron chi connectivity index (χ2n) is 5.03. The molecule has 0 heterocycles. The van der Waals surface area contributed by atoms with Gasteiger partial charge in [0.05, 0.1) is 0 Å². The molecule has 0 amide bonds. The minimum absolute atomic E-state index is 0.896. The van der Waals surface area contributed by atoms with Crippen LogP contribution in [-0.2, 0) is 0 Å². The Balaban J connectivity index is 0.000000288. The first-order chi connectivity index (χ1) is 7.56. The van der Waals surface area contributed by atoms with Crippen LogP contribution in [0.3, 0.4) is 0 Å². The molecule has 1 nitrogen and oxygen atoms in total. The molecule has 0 saturated carbocycles. The van der Waals surface area contributed by atoms with Gasteiger partial charge in [-0.2, -0.15) is 0 Å². The van der Waals surface area contributed by atoms with Crippen LogP contribution in [0.4, 0.5) is 0 Å². The fourth-order valence-electron chi connectivity index (χ4n) is 1.43. The Bertz CT molecular complexity index is 213. The highest BCUT2D eigenvalue weighted by Crippen LogP contribution is 2.07. The molecular weight excluding hydrogens is 194 g/mol. The van der Waals surface area contributed by atoms with Gasteiger partial charge < -0.3 is 4.90 Å². The topological polar surface area (TPSA) is 3.24 Å². The van der Waals surface area contributed by atoms with Gasteiger partial charge in [-0.3, -0.25) is 0 Å². The van der Waals surface area contributed by atoms with Crippen LogP contribution in [-0.4, -0.2) is 25.5 Å². The van der Waals surface area contributed by atoms with Crippen molar-refractivity contribution in [1.82, 2.24) is 4.90 Å². The average Bonchev–Trinajstić information content (AvgIpc) is 2.27. The van der Waals surface area contributed by atoms with Crippen LogP contribution in [0.5, 0.6) is 0 Å². The van der Waals surface area contributed by atoms with Gasteiger partial charge in [0, 0.05) is 0 Å². The highest BCUT2D eigenvalue weighted by Gasteiger charge is 1.97. The SMILES string of the molecule is CC1=CCCC=C1.CC[C@H](C)CCN(C)C. The third kappa shape index (κ3) is 9.97. The molecule has 1 heteroatoms. The Morgan fingerprint density at radius 3 is 2.31 bits per heavy atom. The number of rotatable bonds is 4. The predicted molar refractivity (Wildman–Crippen MR) is 74.8 cm³/mol. The van der Waals surface area contributed by atoms with Gasteiger partial charge in [0.25, 0.3) is 0 Å². The minimum Gasteiger partial charge on any atom is -0.309 e. The van der Waals surface area contributed by atoms with Gasteiger partial charge in [0.2, 0.25) is 0 Å². The lowest BCUT2D eigenvalue weighted by atomic mass is 10.1. The van der Waals surface area contributed by atoms with Gasteiger partial charge >= 0.3 is 0 Å². The van der Waals surface area contributed by atoms with Crippen LogP contribution >= 0.6 is 0 Å². The molecule has 0 saturated heterocycles. The van der Waals surface area contributed by atoms with Gasteiger partial charge in [-0.25, -0.2) is 0 Å². The van der Waals surface area contributed by atoms with E-state index < -0.39 is 0 Å². The summed E-state index contributed by atoms with van der Waals surface area (Å²) in [6.45, 7) is 7.93. The Morgan fingerprint density at radius 1 is 1.31 bits per heavy atom. The average molecular weight is 223 g/mol. The Kier molecular flexibility index (Phi) is 9.31. The van der Waals surface area contributed by atoms with Crippen molar-refractivity contribution in [1.29, 1.82) is 0 Å². The lowest BCUT2D eigenvalue weighted by Crippen LogP contribution is -2.15. The molecule has 0 N–H and O–H groups in total. The normalized spacial score (nSPS) is 16.5. The zero-order valence-electron chi connectivity index (χ0n) is 11.8. The smallest absolute Gasteiger partial charge is 0.00223 e. The maximum atomic E-state index is 2.31. The lowest BCUT2D eigenvalue weighted by molar-refractivity contribution is 0.356. The van der Waals surface area contributed by atoms with Gasteiger partial charge in [0.15, 0.2) is 0 Å². The molecule has 0 radical (unpaired) electrons. The first kappa shape index (κ1) is 15.4. The molecule has 1 atom stereocenters. The molecule has 94 valence electrons. The van der Waals surface area contributed by atoms with E-state index in [1.54, 1.807) is 0 Å². The fraction of sp³-hybridized carbons (Fsp3) is 0.733. The second kappa shape index (κ2) is 9.65. The molecule has 0 aromatic heterocycles. The van der Waals surface area contributed by atoms with Crippen molar-refractivity contribution in [3.8, 4) is 0 Å². The van der Waals surface area contributed by atoms with Crippen molar-refractivity contribution < 1.29 is 0 Å². The summed E-state index contributed by atoms with van der Waals surface area (Å²) in [6.07, 6.45) is 11.8. The summed E-state index contributed by atoms with van der Waals surface area (Å²) in [5, 5.41) is 0. The van der Waals surface area contributed by atoms with E-state index >= 15 is 0 Å². The van der Waals surface area contributed by atoms with E-state index in [0.717, 1.165) is 5.92 Å². The van der Waals surface area contributed by atoms with Gasteiger partial charge in [-0.05, 0) is 52.7 Å². The summed E-state index contributed by atoms with van der Waals surface area (Å²) >= 11 is 0. The van der Waals surface area contributed by atoms with Crippen molar-refractivity contribution in [3.63, 3.8) is 0 Å². The monoisotopic (exact) mass is 223 g/mol. The van der Waals surface area contributed by atoms with E-state index in [9.17, 15) is 0 Å². The largest absolute Gasteiger partial charge is 0.309 e. The van der Waals surface area contributed by atoms with Crippen molar-refractivity contribution >= 4 is 0 Å². The lowest BCUT2D eigenvalue weighted by Gasteiger charge is -2.12. The van der Waals surface area contributed by atoms with Crippen molar-refractivity contribution in [2.45, 2.75) is 46.5 Å². The summed E-state index contributed by atoms with van der Waals surface area (Å²) < 4.78 is 0. The molecule has 1 rings (SSSR count). The summed E-state index contributed by atoms with van der Waals surface area (Å²) in [5.74, 6) is 0.896. The molecule has 1 aliphatic rings. The first-order valence-corrected chi connectivity index (χ1v) is 6.54. The highest BCUT2D eigenvalue weighted by molar-refractivity contribution is 5.18. The standard InChI is InChI=1S/C8H19N.C7H10/c1-5-8(2)6-7-9(3)4;1-7-5-3-2-4-6-7/h8H,5-7H2,1-4H3;3,5-6H,2,4H2,1H3/t8-;/m0./s1. The number of nitrogens with zero attached hydrogens (tertiary/aromatic N) is 1. The van der Waals surface area contributed by atoms with Crippen LogP contribution in [0.15, 0.2) is 23.8 Å². The molecule has 0 aromatic rings. The highest BCUT2D eigenvalue weighted by atomic mass is 15.0. The summed E-state index contributed by atoms with van der Waals surface area (Å²) in [5.41, 5.74) is 1.41. The van der Waals surface area contributed by atoms with Crippen LogP contribution in [0.1, 0.15) is 46.5 Å². The van der Waals surface area contributed by atoms with E-state index in [2.05, 4.69) is 58.0 Å². The van der Waals surface area contributed by atoms with Crippen molar-refractivity contribution in [2.24, 2.45) is 5.92 Å². The molecule has 0 spiro atoms. The number of hydrogen-bond acceptors (Lipinski definition) is 1. The quantitative estimate of drug-likeness (QED) is 0.688. The van der Waals surface area contributed by atoms with E-state index in [1.165, 1.54) is 37.8 Å². The third-order valence-corrected chi connectivity index (χ3v) is 2.95. The molecule has 0 aromatic carbocycles. The van der Waals surface area contributed by atoms with E-state index in [-0.39, 0.29) is 0 Å². The summed E-state index contributed by atoms with van der Waals surface area (Å²) in [6, 6.07) is 0. The minimum atomic E-state index is 0.896. The van der Waals surface area contributed by atoms with Crippen molar-refractivity contribution in [3.05, 3.63) is 23.8 Å². The fourth-order valence-corrected chi connectivity index (χ4v) is 1.43. The van der Waals surface area contributed by atoms with Crippen LogP contribution in [0.25, 0.3) is 0 Å². The van der Waals surface area contributed by atoms with E-state index in [4.69, 9.17) is 0 Å². The Morgan fingerprint density at radius 2 is 2.00 bits per heavy atom. The van der Waals surface area contributed by atoms with Crippen LogP contribution in [0.2, 0.25) is 0 Å². The van der Waals surface area contributed by atoms with E-state index in [1.807, 2.05) is 0 Å². The molecular formula is C15H29N. The molecule has 16 heavy (non-hydrogen) atoms. The predicted octanol–water partition coefficient (Wildman–Crippen LogP) is 4.27. The molecule has 0 fully saturated rings. The van der Waals surface area contributed by atoms with Crippen LogP contribution in [0, 0.1) is 5.92 Å². The van der Waals surface area contributed by atoms with E-state index in [0.29, 0.717) is 0 Å². The maximum absolute atomic E-state index is 2.31. The summed E-state index contributed by atoms with van der Waals surface area (Å²) in [4.78, 5) is 2.24. The second-order valence-corrected chi connectivity index (χ2v) is 5.03. The Labute approximate surface area is 102 Å². The first-order valence-electron chi connectivity index (χ1n) is 6.54.